The van der Waals surface area contributed by atoms with Gasteiger partial charge in [-0.3, -0.25) is 0 Å². The Morgan fingerprint density at radius 3 is 2.05 bits per heavy atom. The summed E-state index contributed by atoms with van der Waals surface area (Å²) < 4.78 is 32.7. The number of sulfonamides is 1. The fourth-order valence-electron chi connectivity index (χ4n) is 2.06. The van der Waals surface area contributed by atoms with Gasteiger partial charge in [0.25, 0.3) is 0 Å². The SMILES string of the molecule is COc1ccc(C(C)(C)NS(=O)(=O)c2ccccc2)cc1. The highest BCUT2D eigenvalue weighted by molar-refractivity contribution is 7.89. The maximum absolute atomic E-state index is 12.4. The normalized spacial score (nSPS) is 12.1. The van der Waals surface area contributed by atoms with E-state index in [9.17, 15) is 8.42 Å². The third-order valence-electron chi connectivity index (χ3n) is 3.25. The maximum atomic E-state index is 12.4. The van der Waals surface area contributed by atoms with Crippen LogP contribution in [-0.2, 0) is 15.6 Å². The van der Waals surface area contributed by atoms with Crippen molar-refractivity contribution >= 4 is 10.0 Å². The van der Waals surface area contributed by atoms with E-state index in [0.717, 1.165) is 11.3 Å². The second kappa shape index (κ2) is 5.87. The Balaban J connectivity index is 2.27. The first-order valence-electron chi connectivity index (χ1n) is 6.59. The molecule has 0 fully saturated rings. The number of hydrogen-bond acceptors (Lipinski definition) is 3. The first-order valence-corrected chi connectivity index (χ1v) is 8.07. The number of hydrogen-bond donors (Lipinski definition) is 1. The Morgan fingerprint density at radius 2 is 1.52 bits per heavy atom. The van der Waals surface area contributed by atoms with Gasteiger partial charge in [0, 0.05) is 0 Å². The molecule has 4 nitrogen and oxygen atoms in total. The molecule has 0 spiro atoms. The van der Waals surface area contributed by atoms with E-state index in [1.807, 2.05) is 38.1 Å². The number of methoxy groups -OCH3 is 1. The molecule has 0 aliphatic heterocycles. The number of ether oxygens (including phenoxy) is 1. The van der Waals surface area contributed by atoms with Gasteiger partial charge in [0.05, 0.1) is 17.5 Å². The van der Waals surface area contributed by atoms with E-state index in [1.165, 1.54) is 0 Å². The lowest BCUT2D eigenvalue weighted by atomic mass is 9.96. The molecule has 0 aliphatic carbocycles. The molecular formula is C16H19NO3S. The molecule has 0 saturated carbocycles. The Labute approximate surface area is 125 Å². The van der Waals surface area contributed by atoms with E-state index in [4.69, 9.17) is 4.74 Å². The van der Waals surface area contributed by atoms with Gasteiger partial charge >= 0.3 is 0 Å². The number of benzene rings is 2. The molecule has 0 bridgehead atoms. The summed E-state index contributed by atoms with van der Waals surface area (Å²) in [6.45, 7) is 3.66. The van der Waals surface area contributed by atoms with Crippen molar-refractivity contribution < 1.29 is 13.2 Å². The van der Waals surface area contributed by atoms with Crippen LogP contribution in [0.5, 0.6) is 5.75 Å². The average molecular weight is 305 g/mol. The second-order valence-electron chi connectivity index (χ2n) is 5.27. The third kappa shape index (κ3) is 3.62. The van der Waals surface area contributed by atoms with E-state index < -0.39 is 15.6 Å². The molecule has 5 heteroatoms. The van der Waals surface area contributed by atoms with Gasteiger partial charge in [0.2, 0.25) is 10.0 Å². The number of nitrogens with one attached hydrogen (secondary N) is 1. The summed E-state index contributed by atoms with van der Waals surface area (Å²) in [4.78, 5) is 0.256. The van der Waals surface area contributed by atoms with Gasteiger partial charge in [-0.1, -0.05) is 30.3 Å². The van der Waals surface area contributed by atoms with E-state index in [0.29, 0.717) is 0 Å². The van der Waals surface area contributed by atoms with Crippen molar-refractivity contribution in [2.75, 3.05) is 7.11 Å². The smallest absolute Gasteiger partial charge is 0.241 e. The van der Waals surface area contributed by atoms with Gasteiger partial charge in [-0.15, -0.1) is 0 Å². The van der Waals surface area contributed by atoms with Crippen LogP contribution in [0.1, 0.15) is 19.4 Å². The minimum atomic E-state index is -3.56. The Hall–Kier alpha value is -1.85. The predicted molar refractivity (Wildman–Crippen MR) is 82.8 cm³/mol. The zero-order valence-corrected chi connectivity index (χ0v) is 13.1. The first kappa shape index (κ1) is 15.5. The lowest BCUT2D eigenvalue weighted by Gasteiger charge is -2.26. The quantitative estimate of drug-likeness (QED) is 0.924. The lowest BCUT2D eigenvalue weighted by molar-refractivity contribution is 0.413. The van der Waals surface area contributed by atoms with Gasteiger partial charge in [-0.2, -0.15) is 0 Å². The van der Waals surface area contributed by atoms with Gasteiger partial charge in [-0.25, -0.2) is 13.1 Å². The highest BCUT2D eigenvalue weighted by atomic mass is 32.2. The third-order valence-corrected chi connectivity index (χ3v) is 4.93. The molecule has 0 saturated heterocycles. The summed E-state index contributed by atoms with van der Waals surface area (Å²) in [5.41, 5.74) is 0.142. The van der Waals surface area contributed by atoms with Crippen molar-refractivity contribution in [3.63, 3.8) is 0 Å². The molecule has 0 aromatic heterocycles. The summed E-state index contributed by atoms with van der Waals surface area (Å²) in [5.74, 6) is 0.737. The molecule has 0 heterocycles. The van der Waals surface area contributed by atoms with Gasteiger partial charge < -0.3 is 4.74 Å². The van der Waals surface area contributed by atoms with Crippen LogP contribution in [-0.4, -0.2) is 15.5 Å². The fourth-order valence-corrected chi connectivity index (χ4v) is 3.48. The Kier molecular flexibility index (Phi) is 4.34. The standard InChI is InChI=1S/C16H19NO3S/c1-16(2,13-9-11-14(20-3)12-10-13)17-21(18,19)15-7-5-4-6-8-15/h4-12,17H,1-3H3. The lowest BCUT2D eigenvalue weighted by Crippen LogP contribution is -2.40. The van der Waals surface area contributed by atoms with Crippen LogP contribution in [0, 0.1) is 0 Å². The molecule has 0 atom stereocenters. The van der Waals surface area contributed by atoms with Gasteiger partial charge in [-0.05, 0) is 43.7 Å². The molecule has 2 rings (SSSR count). The van der Waals surface area contributed by atoms with Crippen molar-refractivity contribution in [3.8, 4) is 5.75 Å². The molecule has 0 aliphatic rings. The van der Waals surface area contributed by atoms with Crippen LogP contribution in [0.4, 0.5) is 0 Å². The molecule has 0 radical (unpaired) electrons. The van der Waals surface area contributed by atoms with E-state index in [1.54, 1.807) is 37.4 Å². The molecule has 112 valence electrons. The van der Waals surface area contributed by atoms with Crippen LogP contribution in [0.15, 0.2) is 59.5 Å². The van der Waals surface area contributed by atoms with Crippen molar-refractivity contribution in [1.82, 2.24) is 4.72 Å². The van der Waals surface area contributed by atoms with Crippen LogP contribution < -0.4 is 9.46 Å². The van der Waals surface area contributed by atoms with Gasteiger partial charge in [0.1, 0.15) is 5.75 Å². The van der Waals surface area contributed by atoms with E-state index in [2.05, 4.69) is 4.72 Å². The second-order valence-corrected chi connectivity index (χ2v) is 6.95. The molecule has 2 aromatic rings. The van der Waals surface area contributed by atoms with Gasteiger partial charge in [0.15, 0.2) is 0 Å². The van der Waals surface area contributed by atoms with Crippen molar-refractivity contribution in [2.24, 2.45) is 0 Å². The molecule has 21 heavy (non-hydrogen) atoms. The largest absolute Gasteiger partial charge is 0.497 e. The maximum Gasteiger partial charge on any atom is 0.241 e. The average Bonchev–Trinajstić information content (AvgIpc) is 2.47. The van der Waals surface area contributed by atoms with Crippen molar-refractivity contribution in [1.29, 1.82) is 0 Å². The van der Waals surface area contributed by atoms with Crippen molar-refractivity contribution in [2.45, 2.75) is 24.3 Å². The highest BCUT2D eigenvalue weighted by Crippen LogP contribution is 2.25. The summed E-state index contributed by atoms with van der Waals surface area (Å²) >= 11 is 0. The Bertz CT molecular complexity index is 692. The van der Waals surface area contributed by atoms with Crippen molar-refractivity contribution in [3.05, 3.63) is 60.2 Å². The van der Waals surface area contributed by atoms with Crippen LogP contribution >= 0.6 is 0 Å². The fraction of sp³-hybridized carbons (Fsp3) is 0.250. The molecule has 2 aromatic carbocycles. The summed E-state index contributed by atoms with van der Waals surface area (Å²) in [7, 11) is -1.97. The highest BCUT2D eigenvalue weighted by Gasteiger charge is 2.27. The molecule has 0 amide bonds. The summed E-state index contributed by atoms with van der Waals surface area (Å²) in [5, 5.41) is 0. The van der Waals surface area contributed by atoms with E-state index in [-0.39, 0.29) is 4.90 Å². The van der Waals surface area contributed by atoms with Crippen LogP contribution in [0.2, 0.25) is 0 Å². The molecular weight excluding hydrogens is 286 g/mol. The summed E-state index contributed by atoms with van der Waals surface area (Å²) in [6, 6.07) is 15.7. The minimum absolute atomic E-state index is 0.256. The topological polar surface area (TPSA) is 55.4 Å². The first-order chi connectivity index (χ1) is 9.85. The van der Waals surface area contributed by atoms with Crippen LogP contribution in [0.3, 0.4) is 0 Å². The Morgan fingerprint density at radius 1 is 0.952 bits per heavy atom. The monoisotopic (exact) mass is 305 g/mol. The minimum Gasteiger partial charge on any atom is -0.497 e. The zero-order chi connectivity index (χ0) is 15.5. The molecule has 0 unspecified atom stereocenters. The summed E-state index contributed by atoms with van der Waals surface area (Å²) in [6.07, 6.45) is 0. The predicted octanol–water partition coefficient (Wildman–Crippen LogP) is 2.91. The number of rotatable bonds is 5. The van der Waals surface area contributed by atoms with E-state index >= 15 is 0 Å². The zero-order valence-electron chi connectivity index (χ0n) is 12.3. The van der Waals surface area contributed by atoms with Crippen LogP contribution in [0.25, 0.3) is 0 Å². The molecule has 1 N–H and O–H groups in total.